The Labute approximate surface area is 107 Å². The lowest BCUT2D eigenvalue weighted by Gasteiger charge is -2.12. The fraction of sp³-hybridized carbons (Fsp3) is 0.400. The smallest absolute Gasteiger partial charge is 0.103 e. The molecule has 0 amide bonds. The van der Waals surface area contributed by atoms with Gasteiger partial charge in [0.25, 0.3) is 0 Å². The molecule has 3 rings (SSSR count). The lowest BCUT2D eigenvalue weighted by atomic mass is 9.97. The van der Waals surface area contributed by atoms with Gasteiger partial charge in [0, 0.05) is 10.8 Å². The number of rotatable bonds is 4. The molecule has 1 aliphatic rings. The van der Waals surface area contributed by atoms with E-state index in [4.69, 9.17) is 4.98 Å². The van der Waals surface area contributed by atoms with Gasteiger partial charge in [-0.15, -0.1) is 11.3 Å². The zero-order valence-electron chi connectivity index (χ0n) is 10.1. The van der Waals surface area contributed by atoms with Crippen molar-refractivity contribution >= 4 is 11.3 Å². The Hall–Kier alpha value is -1.15. The molecule has 1 aliphatic carbocycles. The van der Waals surface area contributed by atoms with Crippen molar-refractivity contribution in [2.24, 2.45) is 0 Å². The highest BCUT2D eigenvalue weighted by Gasteiger charge is 2.48. The van der Waals surface area contributed by atoms with Crippen LogP contribution in [-0.4, -0.2) is 4.98 Å². The third-order valence-electron chi connectivity index (χ3n) is 3.54. The number of thiazole rings is 1. The number of aryl methyl sites for hydroxylation is 1. The van der Waals surface area contributed by atoms with Crippen molar-refractivity contribution in [3.05, 3.63) is 52.0 Å². The molecule has 0 unspecified atom stereocenters. The number of aromatic nitrogens is 1. The first-order valence-corrected chi connectivity index (χ1v) is 7.23. The Morgan fingerprint density at radius 3 is 2.65 bits per heavy atom. The van der Waals surface area contributed by atoms with E-state index in [0.717, 1.165) is 6.42 Å². The maximum absolute atomic E-state index is 4.83. The average molecular weight is 243 g/mol. The van der Waals surface area contributed by atoms with Crippen LogP contribution in [0.3, 0.4) is 0 Å². The Kier molecular flexibility index (Phi) is 2.75. The van der Waals surface area contributed by atoms with Gasteiger partial charge in [-0.2, -0.15) is 0 Å². The molecule has 0 radical (unpaired) electrons. The minimum absolute atomic E-state index is 0.262. The zero-order valence-corrected chi connectivity index (χ0v) is 11.0. The molecule has 1 aromatic carbocycles. The standard InChI is InChI=1S/C15H17NS/c1-2-6-13-11-17-14(16-13)15(9-10-15)12-7-4-3-5-8-12/h3-5,7-8,11H,2,6,9-10H2,1H3. The molecule has 1 heterocycles. The van der Waals surface area contributed by atoms with Crippen LogP contribution in [0.5, 0.6) is 0 Å². The Balaban J connectivity index is 1.92. The lowest BCUT2D eigenvalue weighted by molar-refractivity contribution is 0.808. The van der Waals surface area contributed by atoms with Crippen molar-refractivity contribution in [3.63, 3.8) is 0 Å². The minimum Gasteiger partial charge on any atom is -0.245 e. The topological polar surface area (TPSA) is 12.9 Å². The van der Waals surface area contributed by atoms with Crippen LogP contribution in [0.2, 0.25) is 0 Å². The first kappa shape index (κ1) is 11.0. The second-order valence-corrected chi connectivity index (χ2v) is 5.70. The summed E-state index contributed by atoms with van der Waals surface area (Å²) in [4.78, 5) is 4.83. The first-order chi connectivity index (χ1) is 8.35. The van der Waals surface area contributed by atoms with E-state index < -0.39 is 0 Å². The van der Waals surface area contributed by atoms with Crippen LogP contribution >= 0.6 is 11.3 Å². The molecule has 17 heavy (non-hydrogen) atoms. The molecular formula is C15H17NS. The minimum atomic E-state index is 0.262. The average Bonchev–Trinajstić information content (AvgIpc) is 3.06. The van der Waals surface area contributed by atoms with Gasteiger partial charge in [0.05, 0.1) is 5.69 Å². The van der Waals surface area contributed by atoms with E-state index in [-0.39, 0.29) is 5.41 Å². The van der Waals surface area contributed by atoms with Crippen molar-refractivity contribution < 1.29 is 0 Å². The van der Waals surface area contributed by atoms with Gasteiger partial charge in [-0.25, -0.2) is 4.98 Å². The molecule has 0 atom stereocenters. The summed E-state index contributed by atoms with van der Waals surface area (Å²) >= 11 is 1.84. The maximum atomic E-state index is 4.83. The van der Waals surface area contributed by atoms with Gasteiger partial charge in [-0.05, 0) is 24.8 Å². The molecule has 88 valence electrons. The fourth-order valence-electron chi connectivity index (χ4n) is 2.41. The predicted molar refractivity (Wildman–Crippen MR) is 72.6 cm³/mol. The predicted octanol–water partition coefficient (Wildman–Crippen LogP) is 4.18. The Bertz CT molecular complexity index is 497. The summed E-state index contributed by atoms with van der Waals surface area (Å²) in [5.74, 6) is 0. The molecule has 0 aliphatic heterocycles. The molecular weight excluding hydrogens is 226 g/mol. The van der Waals surface area contributed by atoms with Gasteiger partial charge in [0.2, 0.25) is 0 Å². The van der Waals surface area contributed by atoms with Crippen molar-refractivity contribution in [2.75, 3.05) is 0 Å². The van der Waals surface area contributed by atoms with Gasteiger partial charge >= 0.3 is 0 Å². The van der Waals surface area contributed by atoms with Crippen LogP contribution in [0, 0.1) is 0 Å². The third-order valence-corrected chi connectivity index (χ3v) is 4.64. The van der Waals surface area contributed by atoms with Gasteiger partial charge in [0.1, 0.15) is 5.01 Å². The van der Waals surface area contributed by atoms with Crippen LogP contribution < -0.4 is 0 Å². The molecule has 2 heteroatoms. The number of nitrogens with zero attached hydrogens (tertiary/aromatic N) is 1. The molecule has 0 bridgehead atoms. The Morgan fingerprint density at radius 1 is 1.24 bits per heavy atom. The van der Waals surface area contributed by atoms with Crippen molar-refractivity contribution in [2.45, 2.75) is 38.0 Å². The van der Waals surface area contributed by atoms with Gasteiger partial charge in [-0.1, -0.05) is 43.7 Å². The highest BCUT2D eigenvalue weighted by Crippen LogP contribution is 2.54. The quantitative estimate of drug-likeness (QED) is 0.785. The number of benzene rings is 1. The van der Waals surface area contributed by atoms with Crippen LogP contribution in [0.4, 0.5) is 0 Å². The zero-order chi connectivity index (χ0) is 11.7. The van der Waals surface area contributed by atoms with Crippen molar-refractivity contribution in [1.29, 1.82) is 0 Å². The van der Waals surface area contributed by atoms with Gasteiger partial charge < -0.3 is 0 Å². The van der Waals surface area contributed by atoms with Gasteiger partial charge in [-0.3, -0.25) is 0 Å². The lowest BCUT2D eigenvalue weighted by Crippen LogP contribution is -2.08. The summed E-state index contributed by atoms with van der Waals surface area (Å²) in [5.41, 5.74) is 2.98. The summed E-state index contributed by atoms with van der Waals surface area (Å²) in [6.07, 6.45) is 4.81. The summed E-state index contributed by atoms with van der Waals surface area (Å²) in [6, 6.07) is 10.8. The summed E-state index contributed by atoms with van der Waals surface area (Å²) in [7, 11) is 0. The SMILES string of the molecule is CCCc1csc(C2(c3ccccc3)CC2)n1. The molecule has 1 saturated carbocycles. The monoisotopic (exact) mass is 243 g/mol. The highest BCUT2D eigenvalue weighted by molar-refractivity contribution is 7.09. The van der Waals surface area contributed by atoms with Crippen LogP contribution in [0.15, 0.2) is 35.7 Å². The van der Waals surface area contributed by atoms with Crippen molar-refractivity contribution in [3.8, 4) is 0 Å². The molecule has 0 N–H and O–H groups in total. The van der Waals surface area contributed by atoms with E-state index >= 15 is 0 Å². The molecule has 2 aromatic rings. The van der Waals surface area contributed by atoms with Gasteiger partial charge in [0.15, 0.2) is 0 Å². The molecule has 1 aromatic heterocycles. The molecule has 1 nitrogen and oxygen atoms in total. The number of hydrogen-bond acceptors (Lipinski definition) is 2. The van der Waals surface area contributed by atoms with Crippen LogP contribution in [0.25, 0.3) is 0 Å². The van der Waals surface area contributed by atoms with E-state index in [1.54, 1.807) is 0 Å². The van der Waals surface area contributed by atoms with Crippen LogP contribution in [-0.2, 0) is 11.8 Å². The second-order valence-electron chi connectivity index (χ2n) is 4.84. The number of hydrogen-bond donors (Lipinski definition) is 0. The summed E-state index contributed by atoms with van der Waals surface area (Å²) in [5, 5.41) is 3.56. The van der Waals surface area contributed by atoms with E-state index in [9.17, 15) is 0 Å². The normalized spacial score (nSPS) is 17.0. The van der Waals surface area contributed by atoms with E-state index in [1.807, 2.05) is 11.3 Å². The largest absolute Gasteiger partial charge is 0.245 e. The maximum Gasteiger partial charge on any atom is 0.103 e. The van der Waals surface area contributed by atoms with Crippen LogP contribution in [0.1, 0.15) is 42.5 Å². The fourth-order valence-corrected chi connectivity index (χ4v) is 3.54. The highest BCUT2D eigenvalue weighted by atomic mass is 32.1. The van der Waals surface area contributed by atoms with E-state index in [1.165, 1.54) is 35.5 Å². The third kappa shape index (κ3) is 1.91. The Morgan fingerprint density at radius 2 is 2.00 bits per heavy atom. The van der Waals surface area contributed by atoms with E-state index in [2.05, 4.69) is 42.6 Å². The van der Waals surface area contributed by atoms with E-state index in [0.29, 0.717) is 0 Å². The van der Waals surface area contributed by atoms with Crippen molar-refractivity contribution in [1.82, 2.24) is 4.98 Å². The first-order valence-electron chi connectivity index (χ1n) is 6.35. The molecule has 0 spiro atoms. The summed E-state index contributed by atoms with van der Waals surface area (Å²) < 4.78 is 0. The summed E-state index contributed by atoms with van der Waals surface area (Å²) in [6.45, 7) is 2.21. The second kappa shape index (κ2) is 4.26. The molecule has 1 fully saturated rings. The molecule has 0 saturated heterocycles.